The highest BCUT2D eigenvalue weighted by Gasteiger charge is 2.33. The van der Waals surface area contributed by atoms with Crippen LogP contribution in [0.1, 0.15) is 80.5 Å². The van der Waals surface area contributed by atoms with Crippen LogP contribution in [0.15, 0.2) is 30.3 Å². The monoisotopic (exact) mass is 522 g/mol. The van der Waals surface area contributed by atoms with E-state index in [9.17, 15) is 14.4 Å². The Morgan fingerprint density at radius 3 is 2.26 bits per heavy atom. The molecule has 0 radical (unpaired) electrons. The number of nitrogens with zero attached hydrogens (tertiary/aromatic N) is 3. The molecule has 1 saturated heterocycles. The van der Waals surface area contributed by atoms with Gasteiger partial charge in [0.05, 0.1) is 0 Å². The molecule has 3 amide bonds. The van der Waals surface area contributed by atoms with Gasteiger partial charge < -0.3 is 15.0 Å². The van der Waals surface area contributed by atoms with E-state index in [-0.39, 0.29) is 17.9 Å². The van der Waals surface area contributed by atoms with Crippen LogP contribution in [0.2, 0.25) is 0 Å². The van der Waals surface area contributed by atoms with Gasteiger partial charge in [-0.2, -0.15) is 0 Å². The predicted molar refractivity (Wildman–Crippen MR) is 151 cm³/mol. The molecule has 0 aliphatic carbocycles. The zero-order valence-electron chi connectivity index (χ0n) is 23.3. The summed E-state index contributed by atoms with van der Waals surface area (Å²) in [5.74, 6) is -0.355. The lowest BCUT2D eigenvalue weighted by molar-refractivity contribution is 0.0519. The molecule has 8 nitrogen and oxygen atoms in total. The molecule has 1 N–H and O–H groups in total. The zero-order chi connectivity index (χ0) is 27.3. The van der Waals surface area contributed by atoms with E-state index in [0.29, 0.717) is 24.2 Å². The third-order valence-electron chi connectivity index (χ3n) is 7.26. The second kappa shape index (κ2) is 12.2. The Hall–Kier alpha value is -3.13. The molecule has 2 aliphatic rings. The van der Waals surface area contributed by atoms with Gasteiger partial charge in [0.15, 0.2) is 0 Å². The quantitative estimate of drug-likeness (QED) is 0.347. The normalized spacial score (nSPS) is 16.3. The fourth-order valence-electron chi connectivity index (χ4n) is 5.33. The molecule has 0 aromatic heterocycles. The number of carbonyl (C=O) groups is 3. The van der Waals surface area contributed by atoms with Crippen LogP contribution in [0.3, 0.4) is 0 Å². The summed E-state index contributed by atoms with van der Waals surface area (Å²) in [4.78, 5) is 44.7. The van der Waals surface area contributed by atoms with Crippen molar-refractivity contribution >= 4 is 34.4 Å². The highest BCUT2D eigenvalue weighted by Crippen LogP contribution is 2.36. The summed E-state index contributed by atoms with van der Waals surface area (Å²) in [6, 6.07) is 9.74. The lowest BCUT2D eigenvalue weighted by Gasteiger charge is -2.37. The number of unbranched alkanes of at least 4 members (excludes halogenated alkanes) is 4. The van der Waals surface area contributed by atoms with Crippen molar-refractivity contribution in [1.29, 1.82) is 0 Å². The van der Waals surface area contributed by atoms with Crippen molar-refractivity contribution in [1.82, 2.24) is 15.1 Å². The van der Waals surface area contributed by atoms with Crippen molar-refractivity contribution < 1.29 is 19.1 Å². The molecule has 4 rings (SSSR count). The molecule has 0 saturated carbocycles. The Bertz CT molecular complexity index is 1140. The van der Waals surface area contributed by atoms with Gasteiger partial charge in [-0.1, -0.05) is 44.7 Å². The lowest BCUT2D eigenvalue weighted by Crippen LogP contribution is -2.49. The molecule has 2 heterocycles. The van der Waals surface area contributed by atoms with Crippen LogP contribution in [0.25, 0.3) is 10.8 Å². The van der Waals surface area contributed by atoms with Crippen molar-refractivity contribution in [3.8, 4) is 0 Å². The Labute approximate surface area is 226 Å². The molecule has 2 aromatic rings. The number of imide groups is 1. The number of amides is 3. The molecule has 0 spiro atoms. The van der Waals surface area contributed by atoms with E-state index in [1.54, 1.807) is 0 Å². The highest BCUT2D eigenvalue weighted by molar-refractivity contribution is 6.26. The van der Waals surface area contributed by atoms with E-state index in [1.807, 2.05) is 51.1 Å². The summed E-state index contributed by atoms with van der Waals surface area (Å²) in [6.07, 6.45) is 4.97. The smallest absolute Gasteiger partial charge is 0.407 e. The maximum absolute atomic E-state index is 13.3. The minimum Gasteiger partial charge on any atom is -0.444 e. The predicted octanol–water partition coefficient (Wildman–Crippen LogP) is 5.05. The number of hydrogen-bond donors (Lipinski definition) is 1. The fourth-order valence-corrected chi connectivity index (χ4v) is 5.33. The van der Waals surface area contributed by atoms with E-state index in [1.165, 1.54) is 17.7 Å². The first-order chi connectivity index (χ1) is 18.2. The van der Waals surface area contributed by atoms with Gasteiger partial charge in [0.25, 0.3) is 11.8 Å². The first kappa shape index (κ1) is 27.9. The van der Waals surface area contributed by atoms with Crippen LogP contribution in [0.4, 0.5) is 10.5 Å². The fraction of sp³-hybridized carbons (Fsp3) is 0.567. The first-order valence-corrected chi connectivity index (χ1v) is 14.1. The van der Waals surface area contributed by atoms with Gasteiger partial charge in [-0.25, -0.2) is 4.79 Å². The van der Waals surface area contributed by atoms with Gasteiger partial charge in [-0.15, -0.1) is 0 Å². The number of alkyl carbamates (subject to hydrolysis) is 1. The summed E-state index contributed by atoms with van der Waals surface area (Å²) in [5, 5.41) is 4.57. The Kier molecular flexibility index (Phi) is 8.92. The number of carbonyl (C=O) groups excluding carboxylic acids is 3. The van der Waals surface area contributed by atoms with Crippen LogP contribution in [0, 0.1) is 0 Å². The molecule has 1 fully saturated rings. The molecule has 0 atom stereocenters. The molecule has 2 aliphatic heterocycles. The average molecular weight is 523 g/mol. The van der Waals surface area contributed by atoms with E-state index >= 15 is 0 Å². The first-order valence-electron chi connectivity index (χ1n) is 14.1. The Balaban J connectivity index is 1.40. The number of benzene rings is 2. The summed E-state index contributed by atoms with van der Waals surface area (Å²) in [7, 11) is 0. The molecule has 206 valence electrons. The molecular formula is C30H42N4O4. The van der Waals surface area contributed by atoms with Crippen LogP contribution >= 0.6 is 0 Å². The third-order valence-corrected chi connectivity index (χ3v) is 7.26. The number of ether oxygens (including phenoxy) is 1. The van der Waals surface area contributed by atoms with Gasteiger partial charge in [-0.3, -0.25) is 19.4 Å². The Morgan fingerprint density at radius 1 is 0.895 bits per heavy atom. The maximum atomic E-state index is 13.3. The number of anilines is 1. The third kappa shape index (κ3) is 6.46. The van der Waals surface area contributed by atoms with Gasteiger partial charge in [0.2, 0.25) is 0 Å². The summed E-state index contributed by atoms with van der Waals surface area (Å²) in [5.41, 5.74) is 1.81. The molecule has 0 bridgehead atoms. The average Bonchev–Trinajstić information content (AvgIpc) is 2.88. The second-order valence-electron chi connectivity index (χ2n) is 11.3. The summed E-state index contributed by atoms with van der Waals surface area (Å²) in [6.45, 7) is 12.9. The summed E-state index contributed by atoms with van der Waals surface area (Å²) < 4.78 is 5.30. The lowest BCUT2D eigenvalue weighted by atomic mass is 9.92. The molecule has 0 unspecified atom stereocenters. The molecule has 8 heteroatoms. The van der Waals surface area contributed by atoms with Gasteiger partial charge in [0, 0.05) is 73.4 Å². The number of rotatable bonds is 10. The zero-order valence-corrected chi connectivity index (χ0v) is 23.3. The van der Waals surface area contributed by atoms with Crippen LogP contribution in [-0.2, 0) is 4.74 Å². The number of nitrogens with one attached hydrogen (secondary N) is 1. The molecule has 38 heavy (non-hydrogen) atoms. The molecular weight excluding hydrogens is 480 g/mol. The second-order valence-corrected chi connectivity index (χ2v) is 11.3. The Morgan fingerprint density at radius 2 is 1.58 bits per heavy atom. The maximum Gasteiger partial charge on any atom is 0.407 e. The van der Waals surface area contributed by atoms with Crippen LogP contribution in [0.5, 0.6) is 0 Å². The largest absolute Gasteiger partial charge is 0.444 e. The van der Waals surface area contributed by atoms with E-state index in [0.717, 1.165) is 68.4 Å². The topological polar surface area (TPSA) is 82.2 Å². The SMILES string of the molecule is CCCCCCCN1C(=O)c2cccc3c(N4CCN(CCNC(=O)OC(C)(C)C)CC4)ccc(c23)C1=O. The van der Waals surface area contributed by atoms with Gasteiger partial charge in [-0.05, 0) is 45.4 Å². The standard InChI is InChI=1S/C30H42N4O4/c1-5-6-7-8-9-16-34-27(35)23-12-10-11-22-25(14-13-24(26(22)23)28(34)36)33-20-18-32(19-21-33)17-15-31-29(37)38-30(2,3)4/h10-14H,5-9,15-21H2,1-4H3,(H,31,37). The minimum atomic E-state index is -0.504. The molecule has 2 aromatic carbocycles. The van der Waals surface area contributed by atoms with Crippen molar-refractivity contribution in [3.63, 3.8) is 0 Å². The highest BCUT2D eigenvalue weighted by atomic mass is 16.6. The van der Waals surface area contributed by atoms with E-state index in [4.69, 9.17) is 4.74 Å². The van der Waals surface area contributed by atoms with Crippen LogP contribution < -0.4 is 10.2 Å². The van der Waals surface area contributed by atoms with Crippen molar-refractivity contribution in [2.45, 2.75) is 65.4 Å². The number of piperazine rings is 1. The van der Waals surface area contributed by atoms with Crippen molar-refractivity contribution in [2.75, 3.05) is 50.7 Å². The minimum absolute atomic E-state index is 0.178. The van der Waals surface area contributed by atoms with Crippen molar-refractivity contribution in [2.24, 2.45) is 0 Å². The van der Waals surface area contributed by atoms with Gasteiger partial charge in [0.1, 0.15) is 5.60 Å². The van der Waals surface area contributed by atoms with E-state index < -0.39 is 5.60 Å². The summed E-state index contributed by atoms with van der Waals surface area (Å²) >= 11 is 0. The van der Waals surface area contributed by atoms with E-state index in [2.05, 4.69) is 22.0 Å². The van der Waals surface area contributed by atoms with Crippen molar-refractivity contribution in [3.05, 3.63) is 41.5 Å². The van der Waals surface area contributed by atoms with Crippen LogP contribution in [-0.4, -0.2) is 79.1 Å². The number of hydrogen-bond acceptors (Lipinski definition) is 6. The van der Waals surface area contributed by atoms with Gasteiger partial charge >= 0.3 is 6.09 Å².